The number of hydrogen-bond donors (Lipinski definition) is 1. The van der Waals surface area contributed by atoms with E-state index in [2.05, 4.69) is 25.4 Å². The van der Waals surface area contributed by atoms with E-state index in [1.807, 2.05) is 6.07 Å². The van der Waals surface area contributed by atoms with Crippen molar-refractivity contribution < 1.29 is 13.2 Å². The standard InChI is InChI=1S/C15H9F3N6/c1-8-4-9(13-11(7-19)22-24-23-13)6-10(5-8)14-20-3-2-12(21-14)15(16,17)18/h2-6H,1H3,(H,22,23,24). The van der Waals surface area contributed by atoms with E-state index < -0.39 is 11.9 Å². The van der Waals surface area contributed by atoms with Crippen molar-refractivity contribution in [3.63, 3.8) is 0 Å². The Morgan fingerprint density at radius 3 is 2.62 bits per heavy atom. The van der Waals surface area contributed by atoms with E-state index in [4.69, 9.17) is 5.26 Å². The molecule has 9 heteroatoms. The Kier molecular flexibility index (Phi) is 3.73. The molecule has 120 valence electrons. The second-order valence-electron chi connectivity index (χ2n) is 5.00. The molecule has 0 spiro atoms. The molecule has 2 aromatic heterocycles. The van der Waals surface area contributed by atoms with Crippen LogP contribution in [0.1, 0.15) is 17.0 Å². The van der Waals surface area contributed by atoms with Crippen LogP contribution in [-0.2, 0) is 6.18 Å². The highest BCUT2D eigenvalue weighted by Crippen LogP contribution is 2.30. The summed E-state index contributed by atoms with van der Waals surface area (Å²) in [5, 5.41) is 18.9. The second kappa shape index (κ2) is 5.73. The van der Waals surface area contributed by atoms with E-state index in [9.17, 15) is 13.2 Å². The lowest BCUT2D eigenvalue weighted by Crippen LogP contribution is -2.09. The van der Waals surface area contributed by atoms with Gasteiger partial charge in [0.2, 0.25) is 0 Å². The number of aromatic amines is 1. The Hall–Kier alpha value is -3.28. The minimum Gasteiger partial charge on any atom is -0.247 e. The first-order valence-electron chi connectivity index (χ1n) is 6.72. The van der Waals surface area contributed by atoms with Crippen LogP contribution in [-0.4, -0.2) is 25.4 Å². The molecule has 0 bridgehead atoms. The van der Waals surface area contributed by atoms with E-state index in [0.29, 0.717) is 16.8 Å². The van der Waals surface area contributed by atoms with Gasteiger partial charge in [-0.05, 0) is 36.8 Å². The van der Waals surface area contributed by atoms with E-state index in [-0.39, 0.29) is 11.5 Å². The van der Waals surface area contributed by atoms with Crippen molar-refractivity contribution in [2.45, 2.75) is 13.1 Å². The van der Waals surface area contributed by atoms with Gasteiger partial charge >= 0.3 is 6.18 Å². The first kappa shape index (κ1) is 15.6. The zero-order chi connectivity index (χ0) is 17.3. The largest absolute Gasteiger partial charge is 0.433 e. The van der Waals surface area contributed by atoms with Crippen LogP contribution in [0.2, 0.25) is 0 Å². The lowest BCUT2D eigenvalue weighted by Gasteiger charge is -2.08. The Labute approximate surface area is 134 Å². The number of halogens is 3. The highest BCUT2D eigenvalue weighted by atomic mass is 19.4. The van der Waals surface area contributed by atoms with Crippen LogP contribution in [0.25, 0.3) is 22.6 Å². The number of alkyl halides is 3. The molecule has 0 saturated carbocycles. The molecule has 0 aliphatic heterocycles. The zero-order valence-electron chi connectivity index (χ0n) is 12.3. The fraction of sp³-hybridized carbons (Fsp3) is 0.133. The molecule has 0 aliphatic rings. The predicted octanol–water partition coefficient (Wildman–Crippen LogP) is 3.13. The van der Waals surface area contributed by atoms with Crippen molar-refractivity contribution >= 4 is 0 Å². The third kappa shape index (κ3) is 2.94. The number of aryl methyl sites for hydroxylation is 1. The number of nitrogens with one attached hydrogen (secondary N) is 1. The van der Waals surface area contributed by atoms with Gasteiger partial charge < -0.3 is 0 Å². The molecule has 1 N–H and O–H groups in total. The summed E-state index contributed by atoms with van der Waals surface area (Å²) in [4.78, 5) is 7.48. The molecule has 0 unspecified atom stereocenters. The summed E-state index contributed by atoms with van der Waals surface area (Å²) in [6, 6.07) is 7.71. The van der Waals surface area contributed by atoms with Gasteiger partial charge in [-0.15, -0.1) is 5.10 Å². The normalized spacial score (nSPS) is 11.3. The first-order chi connectivity index (χ1) is 11.4. The third-order valence-corrected chi connectivity index (χ3v) is 3.22. The van der Waals surface area contributed by atoms with Gasteiger partial charge in [0.15, 0.2) is 11.5 Å². The fourth-order valence-electron chi connectivity index (χ4n) is 2.21. The van der Waals surface area contributed by atoms with Gasteiger partial charge in [-0.2, -0.15) is 18.4 Å². The van der Waals surface area contributed by atoms with Crippen LogP contribution in [0, 0.1) is 18.3 Å². The van der Waals surface area contributed by atoms with Crippen molar-refractivity contribution in [1.29, 1.82) is 5.26 Å². The predicted molar refractivity (Wildman–Crippen MR) is 77.3 cm³/mol. The Morgan fingerprint density at radius 2 is 1.92 bits per heavy atom. The molecule has 24 heavy (non-hydrogen) atoms. The third-order valence-electron chi connectivity index (χ3n) is 3.22. The molecule has 6 nitrogen and oxygen atoms in total. The molecule has 0 fully saturated rings. The molecular formula is C15H9F3N6. The molecule has 0 saturated heterocycles. The molecule has 0 radical (unpaired) electrons. The highest BCUT2D eigenvalue weighted by Gasteiger charge is 2.32. The smallest absolute Gasteiger partial charge is 0.247 e. The summed E-state index contributed by atoms with van der Waals surface area (Å²) in [6.45, 7) is 1.77. The van der Waals surface area contributed by atoms with Gasteiger partial charge in [-0.3, -0.25) is 0 Å². The highest BCUT2D eigenvalue weighted by molar-refractivity contribution is 5.71. The average molecular weight is 330 g/mol. The van der Waals surface area contributed by atoms with Crippen LogP contribution in [0.5, 0.6) is 0 Å². The molecular weight excluding hydrogens is 321 g/mol. The molecule has 1 aromatic carbocycles. The molecule has 0 aliphatic carbocycles. The summed E-state index contributed by atoms with van der Waals surface area (Å²) in [7, 11) is 0. The molecule has 3 aromatic rings. The zero-order valence-corrected chi connectivity index (χ0v) is 12.3. The summed E-state index contributed by atoms with van der Waals surface area (Å²) in [6.07, 6.45) is -3.49. The SMILES string of the molecule is Cc1cc(-c2nccc(C(F)(F)F)n2)cc(-c2nn[nH]c2C#N)c1. The maximum atomic E-state index is 12.8. The Balaban J connectivity index is 2.12. The number of nitrogens with zero attached hydrogens (tertiary/aromatic N) is 5. The number of nitriles is 1. The Bertz CT molecular complexity index is 939. The maximum absolute atomic E-state index is 12.8. The minimum atomic E-state index is -4.55. The number of hydrogen-bond acceptors (Lipinski definition) is 5. The monoisotopic (exact) mass is 330 g/mol. The number of aromatic nitrogens is 5. The van der Waals surface area contributed by atoms with Crippen LogP contribution in [0.4, 0.5) is 13.2 Å². The van der Waals surface area contributed by atoms with Crippen molar-refractivity contribution in [3.8, 4) is 28.7 Å². The van der Waals surface area contributed by atoms with E-state index >= 15 is 0 Å². The number of benzene rings is 1. The van der Waals surface area contributed by atoms with Gasteiger partial charge in [0.05, 0.1) is 0 Å². The summed E-state index contributed by atoms with van der Waals surface area (Å²) in [5.41, 5.74) is 1.15. The maximum Gasteiger partial charge on any atom is 0.433 e. The van der Waals surface area contributed by atoms with Crippen LogP contribution in [0.3, 0.4) is 0 Å². The van der Waals surface area contributed by atoms with Crippen molar-refractivity contribution in [1.82, 2.24) is 25.4 Å². The van der Waals surface area contributed by atoms with Crippen LogP contribution < -0.4 is 0 Å². The van der Waals surface area contributed by atoms with Crippen molar-refractivity contribution in [3.05, 3.63) is 47.4 Å². The molecule has 3 rings (SSSR count). The quantitative estimate of drug-likeness (QED) is 0.779. The van der Waals surface area contributed by atoms with Gasteiger partial charge in [-0.25, -0.2) is 15.1 Å². The lowest BCUT2D eigenvalue weighted by atomic mass is 10.0. The van der Waals surface area contributed by atoms with Gasteiger partial charge in [0.25, 0.3) is 0 Å². The minimum absolute atomic E-state index is 0.0585. The van der Waals surface area contributed by atoms with Gasteiger partial charge in [0.1, 0.15) is 17.5 Å². The number of H-pyrrole nitrogens is 1. The van der Waals surface area contributed by atoms with Crippen LogP contribution >= 0.6 is 0 Å². The van der Waals surface area contributed by atoms with Gasteiger partial charge in [-0.1, -0.05) is 5.21 Å². The van der Waals surface area contributed by atoms with E-state index in [1.165, 1.54) is 0 Å². The van der Waals surface area contributed by atoms with Crippen LogP contribution in [0.15, 0.2) is 30.5 Å². The van der Waals surface area contributed by atoms with E-state index in [1.54, 1.807) is 25.1 Å². The number of rotatable bonds is 2. The molecule has 2 heterocycles. The summed E-state index contributed by atoms with van der Waals surface area (Å²) in [5.74, 6) is -0.0585. The molecule has 0 amide bonds. The topological polar surface area (TPSA) is 91.1 Å². The van der Waals surface area contributed by atoms with Crippen molar-refractivity contribution in [2.75, 3.05) is 0 Å². The second-order valence-corrected chi connectivity index (χ2v) is 5.00. The molecule has 0 atom stereocenters. The summed E-state index contributed by atoms with van der Waals surface area (Å²) < 4.78 is 38.4. The Morgan fingerprint density at radius 1 is 1.17 bits per heavy atom. The lowest BCUT2D eigenvalue weighted by molar-refractivity contribution is -0.141. The summed E-state index contributed by atoms with van der Waals surface area (Å²) >= 11 is 0. The van der Waals surface area contributed by atoms with E-state index in [0.717, 1.165) is 17.8 Å². The first-order valence-corrected chi connectivity index (χ1v) is 6.72. The average Bonchev–Trinajstić information content (AvgIpc) is 3.02. The fourth-order valence-corrected chi connectivity index (χ4v) is 2.21. The van der Waals surface area contributed by atoms with Gasteiger partial charge in [0, 0.05) is 17.3 Å². The van der Waals surface area contributed by atoms with Crippen molar-refractivity contribution in [2.24, 2.45) is 0 Å².